The maximum Gasteiger partial charge on any atom is 0.326 e. The van der Waals surface area contributed by atoms with E-state index >= 15 is 0 Å². The largest absolute Gasteiger partial charge is 0.480 e. The first-order valence-electron chi connectivity index (χ1n) is 8.97. The molecule has 0 bridgehead atoms. The molecule has 3 amide bonds. The number of rotatable bonds is 13. The van der Waals surface area contributed by atoms with Crippen LogP contribution in [-0.2, 0) is 19.2 Å². The van der Waals surface area contributed by atoms with Crippen LogP contribution in [0.25, 0.3) is 0 Å². The van der Waals surface area contributed by atoms with Gasteiger partial charge >= 0.3 is 5.97 Å². The number of nitrogens with two attached hydrogens (primary N) is 3. The molecule has 12 nitrogen and oxygen atoms in total. The number of aliphatic carboxylic acids is 1. The minimum Gasteiger partial charge on any atom is -0.480 e. The summed E-state index contributed by atoms with van der Waals surface area (Å²) in [5, 5.41) is 16.4. The van der Waals surface area contributed by atoms with Crippen molar-refractivity contribution in [1.82, 2.24) is 16.0 Å². The zero-order valence-corrected chi connectivity index (χ0v) is 16.2. The van der Waals surface area contributed by atoms with Gasteiger partial charge in [0.15, 0.2) is 5.96 Å². The van der Waals surface area contributed by atoms with E-state index < -0.39 is 42.3 Å². The van der Waals surface area contributed by atoms with E-state index in [0.29, 0.717) is 12.8 Å². The van der Waals surface area contributed by atoms with E-state index in [1.54, 1.807) is 6.92 Å². The summed E-state index contributed by atoms with van der Waals surface area (Å²) in [5.74, 6) is -3.20. The first-order chi connectivity index (χ1) is 13.1. The Morgan fingerprint density at radius 3 is 2.25 bits per heavy atom. The van der Waals surface area contributed by atoms with Gasteiger partial charge in [0.2, 0.25) is 17.7 Å². The molecule has 0 radical (unpaired) electrons. The third-order valence-electron chi connectivity index (χ3n) is 4.00. The molecule has 0 aliphatic carbocycles. The van der Waals surface area contributed by atoms with Gasteiger partial charge in [-0.25, -0.2) is 4.79 Å². The van der Waals surface area contributed by atoms with Gasteiger partial charge in [-0.1, -0.05) is 20.3 Å². The molecule has 0 saturated carbocycles. The quantitative estimate of drug-likeness (QED) is 0.0970. The molecule has 10 N–H and O–H groups in total. The van der Waals surface area contributed by atoms with Crippen LogP contribution in [0.4, 0.5) is 0 Å². The van der Waals surface area contributed by atoms with Crippen LogP contribution in [0.3, 0.4) is 0 Å². The summed E-state index contributed by atoms with van der Waals surface area (Å²) in [6.07, 6.45) is 1.09. The second-order valence-corrected chi connectivity index (χ2v) is 6.26. The zero-order chi connectivity index (χ0) is 21.7. The highest BCUT2D eigenvalue weighted by molar-refractivity contribution is 5.92. The number of guanidine groups is 1. The van der Waals surface area contributed by atoms with Crippen molar-refractivity contribution in [1.29, 1.82) is 0 Å². The van der Waals surface area contributed by atoms with Crippen LogP contribution >= 0.6 is 0 Å². The highest BCUT2D eigenvalue weighted by Crippen LogP contribution is 2.07. The Balaban J connectivity index is 4.64. The fourth-order valence-electron chi connectivity index (χ4n) is 2.22. The van der Waals surface area contributed by atoms with Gasteiger partial charge in [0.05, 0.1) is 13.1 Å². The number of hydrogen-bond acceptors (Lipinski definition) is 6. The molecular formula is C16H31N7O5. The SMILES string of the molecule is CCC(C)C(NC(=O)CN)C(=O)NCC(=O)NC(CCCN=C(N)N)C(=O)O. The predicted octanol–water partition coefficient (Wildman–Crippen LogP) is -2.78. The molecule has 0 heterocycles. The summed E-state index contributed by atoms with van der Waals surface area (Å²) in [6.45, 7) is 3.17. The molecule has 160 valence electrons. The fourth-order valence-corrected chi connectivity index (χ4v) is 2.22. The summed E-state index contributed by atoms with van der Waals surface area (Å²) in [6, 6.07) is -1.98. The monoisotopic (exact) mass is 401 g/mol. The van der Waals surface area contributed by atoms with Gasteiger partial charge in [-0.2, -0.15) is 0 Å². The molecule has 0 aliphatic heterocycles. The first kappa shape index (κ1) is 25.1. The van der Waals surface area contributed by atoms with E-state index in [4.69, 9.17) is 17.2 Å². The number of nitrogens with one attached hydrogen (secondary N) is 3. The molecular weight excluding hydrogens is 370 g/mol. The number of carboxylic acid groups (broad SMARTS) is 1. The van der Waals surface area contributed by atoms with Crippen LogP contribution < -0.4 is 33.2 Å². The number of carboxylic acids is 1. The van der Waals surface area contributed by atoms with E-state index in [1.807, 2.05) is 6.92 Å². The highest BCUT2D eigenvalue weighted by atomic mass is 16.4. The Bertz CT molecular complexity index is 578. The highest BCUT2D eigenvalue weighted by Gasteiger charge is 2.26. The van der Waals surface area contributed by atoms with Crippen molar-refractivity contribution in [2.75, 3.05) is 19.6 Å². The van der Waals surface area contributed by atoms with E-state index in [1.165, 1.54) is 0 Å². The van der Waals surface area contributed by atoms with Crippen LogP contribution in [0.5, 0.6) is 0 Å². The van der Waals surface area contributed by atoms with Crippen LogP contribution in [-0.4, -0.2) is 66.5 Å². The second-order valence-electron chi connectivity index (χ2n) is 6.26. The summed E-state index contributed by atoms with van der Waals surface area (Å²) in [4.78, 5) is 50.7. The molecule has 0 aromatic carbocycles. The third-order valence-corrected chi connectivity index (χ3v) is 4.00. The minimum absolute atomic E-state index is 0.101. The van der Waals surface area contributed by atoms with Gasteiger partial charge in [-0.3, -0.25) is 19.4 Å². The maximum absolute atomic E-state index is 12.3. The van der Waals surface area contributed by atoms with E-state index in [0.717, 1.165) is 0 Å². The number of amides is 3. The van der Waals surface area contributed by atoms with E-state index in [9.17, 15) is 24.3 Å². The van der Waals surface area contributed by atoms with E-state index in [-0.39, 0.29) is 31.4 Å². The van der Waals surface area contributed by atoms with Crippen LogP contribution in [0.1, 0.15) is 33.1 Å². The van der Waals surface area contributed by atoms with Crippen molar-refractivity contribution in [2.24, 2.45) is 28.1 Å². The standard InChI is InChI=1S/C16H31N7O5/c1-3-9(2)13(23-11(24)7-17)14(26)21-8-12(25)22-10(15(27)28)5-4-6-20-16(18)19/h9-10,13H,3-8,17H2,1-2H3,(H,21,26)(H,22,25)(H,23,24)(H,27,28)(H4,18,19,20). The van der Waals surface area contributed by atoms with Gasteiger partial charge in [0, 0.05) is 6.54 Å². The average Bonchev–Trinajstić information content (AvgIpc) is 2.65. The summed E-state index contributed by atoms with van der Waals surface area (Å²) in [7, 11) is 0. The Morgan fingerprint density at radius 1 is 1.11 bits per heavy atom. The lowest BCUT2D eigenvalue weighted by atomic mass is 9.98. The van der Waals surface area contributed by atoms with Crippen LogP contribution in [0.15, 0.2) is 4.99 Å². The van der Waals surface area contributed by atoms with Crippen molar-refractivity contribution < 1.29 is 24.3 Å². The number of hydrogen-bond donors (Lipinski definition) is 7. The van der Waals surface area contributed by atoms with Gasteiger partial charge in [0.25, 0.3) is 0 Å². The molecule has 0 aliphatic rings. The zero-order valence-electron chi connectivity index (χ0n) is 16.2. The first-order valence-corrected chi connectivity index (χ1v) is 8.97. The number of carbonyl (C=O) groups excluding carboxylic acids is 3. The van der Waals surface area contributed by atoms with Crippen LogP contribution in [0.2, 0.25) is 0 Å². The molecule has 0 saturated heterocycles. The smallest absolute Gasteiger partial charge is 0.326 e. The minimum atomic E-state index is -1.21. The molecule has 12 heteroatoms. The topological polar surface area (TPSA) is 215 Å². The van der Waals surface area contributed by atoms with Gasteiger partial charge in [-0.15, -0.1) is 0 Å². The molecule has 0 spiro atoms. The normalized spacial score (nSPS) is 13.5. The lowest BCUT2D eigenvalue weighted by Crippen LogP contribution is -2.53. The summed E-state index contributed by atoms with van der Waals surface area (Å²) < 4.78 is 0. The van der Waals surface area contributed by atoms with Gasteiger partial charge in [0.1, 0.15) is 12.1 Å². The molecule has 0 fully saturated rings. The van der Waals surface area contributed by atoms with Crippen LogP contribution in [0, 0.1) is 5.92 Å². The molecule has 28 heavy (non-hydrogen) atoms. The summed E-state index contributed by atoms with van der Waals surface area (Å²) in [5.41, 5.74) is 15.6. The Labute approximate surface area is 163 Å². The Kier molecular flexibility index (Phi) is 11.9. The molecule has 0 aromatic rings. The van der Waals surface area contributed by atoms with Crippen molar-refractivity contribution in [3.05, 3.63) is 0 Å². The van der Waals surface area contributed by atoms with Gasteiger partial charge in [-0.05, 0) is 18.8 Å². The van der Waals surface area contributed by atoms with E-state index in [2.05, 4.69) is 20.9 Å². The third kappa shape index (κ3) is 10.3. The fraction of sp³-hybridized carbons (Fsp3) is 0.688. The number of carbonyl (C=O) groups is 4. The number of nitrogens with zero attached hydrogens (tertiary/aromatic N) is 1. The van der Waals surface area contributed by atoms with Gasteiger partial charge < -0.3 is 38.3 Å². The molecule has 3 atom stereocenters. The Hall–Kier alpha value is -2.89. The van der Waals surface area contributed by atoms with Crippen molar-refractivity contribution in [2.45, 2.75) is 45.2 Å². The summed E-state index contributed by atoms with van der Waals surface area (Å²) >= 11 is 0. The maximum atomic E-state index is 12.3. The number of aliphatic imine (C=N–C) groups is 1. The predicted molar refractivity (Wildman–Crippen MR) is 103 cm³/mol. The molecule has 0 aromatic heterocycles. The second kappa shape index (κ2) is 13.3. The van der Waals surface area contributed by atoms with Crippen molar-refractivity contribution in [3.8, 4) is 0 Å². The average molecular weight is 401 g/mol. The lowest BCUT2D eigenvalue weighted by Gasteiger charge is -2.23. The van der Waals surface area contributed by atoms with Crippen molar-refractivity contribution >= 4 is 29.7 Å². The lowest BCUT2D eigenvalue weighted by molar-refractivity contribution is -0.142. The molecule has 3 unspecified atom stereocenters. The van der Waals surface area contributed by atoms with Crippen molar-refractivity contribution in [3.63, 3.8) is 0 Å². The molecule has 0 rings (SSSR count). The Morgan fingerprint density at radius 2 is 1.75 bits per heavy atom.